The highest BCUT2D eigenvalue weighted by atomic mass is 35.5. The third kappa shape index (κ3) is 2.74. The van der Waals surface area contributed by atoms with Gasteiger partial charge in [0.05, 0.1) is 11.6 Å². The number of benzene rings is 1. The second-order valence-corrected chi connectivity index (χ2v) is 3.62. The summed E-state index contributed by atoms with van der Waals surface area (Å²) in [6.07, 6.45) is 1.76. The van der Waals surface area contributed by atoms with Crippen molar-refractivity contribution in [1.29, 1.82) is 0 Å². The molecule has 0 aliphatic heterocycles. The molecule has 0 unspecified atom stereocenters. The lowest BCUT2D eigenvalue weighted by molar-refractivity contribution is 0.299. The van der Waals surface area contributed by atoms with E-state index in [1.807, 2.05) is 42.5 Å². The molecule has 2 rings (SSSR count). The average Bonchev–Trinajstić information content (AvgIpc) is 2.38. The van der Waals surface area contributed by atoms with Gasteiger partial charge in [-0.15, -0.1) is 11.6 Å². The maximum absolute atomic E-state index is 5.82. The first-order valence-corrected chi connectivity index (χ1v) is 5.60. The molecular weight excluding hydrogens is 222 g/mol. The number of alkyl halides is 1. The summed E-state index contributed by atoms with van der Waals surface area (Å²) >= 11 is 5.82. The lowest BCUT2D eigenvalue weighted by Gasteiger charge is -2.08. The van der Waals surface area contributed by atoms with Gasteiger partial charge in [-0.3, -0.25) is 4.98 Å². The number of hydrogen-bond acceptors (Lipinski definition) is 2. The number of ether oxygens (including phenoxy) is 1. The Kier molecular flexibility index (Phi) is 3.78. The minimum absolute atomic E-state index is 0.457. The standard InChI is InChI=1S/C13H12ClNO/c14-9-11-5-1-2-7-13(11)16-10-12-6-3-4-8-15-12/h1-8H,9-10H2. The third-order valence-electron chi connectivity index (χ3n) is 2.22. The normalized spacial score (nSPS) is 10.1. The molecule has 0 bridgehead atoms. The topological polar surface area (TPSA) is 22.1 Å². The summed E-state index contributed by atoms with van der Waals surface area (Å²) in [5.74, 6) is 1.28. The number of nitrogens with zero attached hydrogens (tertiary/aromatic N) is 1. The van der Waals surface area contributed by atoms with Crippen molar-refractivity contribution in [3.63, 3.8) is 0 Å². The average molecular weight is 234 g/mol. The molecular formula is C13H12ClNO. The van der Waals surface area contributed by atoms with Crippen LogP contribution in [-0.4, -0.2) is 4.98 Å². The van der Waals surface area contributed by atoms with E-state index in [1.54, 1.807) is 6.20 Å². The highest BCUT2D eigenvalue weighted by molar-refractivity contribution is 6.17. The van der Waals surface area contributed by atoms with Gasteiger partial charge < -0.3 is 4.74 Å². The van der Waals surface area contributed by atoms with Crippen LogP contribution >= 0.6 is 11.6 Å². The zero-order chi connectivity index (χ0) is 11.2. The molecule has 1 aromatic heterocycles. The number of aromatic nitrogens is 1. The SMILES string of the molecule is ClCc1ccccc1OCc1ccccn1. The van der Waals surface area contributed by atoms with Gasteiger partial charge in [-0.2, -0.15) is 0 Å². The molecule has 0 N–H and O–H groups in total. The molecule has 0 saturated heterocycles. The molecule has 0 atom stereocenters. The summed E-state index contributed by atoms with van der Waals surface area (Å²) in [6.45, 7) is 0.467. The van der Waals surface area contributed by atoms with Crippen LogP contribution in [0, 0.1) is 0 Å². The molecule has 2 nitrogen and oxygen atoms in total. The van der Waals surface area contributed by atoms with Gasteiger partial charge in [0.2, 0.25) is 0 Å². The van der Waals surface area contributed by atoms with E-state index in [9.17, 15) is 0 Å². The molecule has 82 valence electrons. The van der Waals surface area contributed by atoms with Crippen LogP contribution in [0.1, 0.15) is 11.3 Å². The van der Waals surface area contributed by atoms with Crippen LogP contribution in [0.3, 0.4) is 0 Å². The molecule has 0 aliphatic carbocycles. The van der Waals surface area contributed by atoms with E-state index in [2.05, 4.69) is 4.98 Å². The van der Waals surface area contributed by atoms with Gasteiger partial charge in [0.25, 0.3) is 0 Å². The fourth-order valence-corrected chi connectivity index (χ4v) is 1.61. The van der Waals surface area contributed by atoms with Crippen molar-refractivity contribution in [2.45, 2.75) is 12.5 Å². The summed E-state index contributed by atoms with van der Waals surface area (Å²) in [7, 11) is 0. The van der Waals surface area contributed by atoms with Crippen LogP contribution in [0.5, 0.6) is 5.75 Å². The Hall–Kier alpha value is -1.54. The van der Waals surface area contributed by atoms with E-state index in [4.69, 9.17) is 16.3 Å². The lowest BCUT2D eigenvalue weighted by atomic mass is 10.2. The summed E-state index contributed by atoms with van der Waals surface area (Å²) in [5.41, 5.74) is 1.91. The van der Waals surface area contributed by atoms with Gasteiger partial charge in [0, 0.05) is 11.8 Å². The van der Waals surface area contributed by atoms with Crippen molar-refractivity contribution >= 4 is 11.6 Å². The van der Waals surface area contributed by atoms with Gasteiger partial charge >= 0.3 is 0 Å². The number of para-hydroxylation sites is 1. The van der Waals surface area contributed by atoms with Crippen LogP contribution in [0.15, 0.2) is 48.7 Å². The Labute approximate surface area is 99.9 Å². The smallest absolute Gasteiger partial charge is 0.130 e. The van der Waals surface area contributed by atoms with E-state index in [1.165, 1.54) is 0 Å². The Bertz CT molecular complexity index is 445. The first-order chi connectivity index (χ1) is 7.90. The fraction of sp³-hybridized carbons (Fsp3) is 0.154. The van der Waals surface area contributed by atoms with Crippen LogP contribution < -0.4 is 4.74 Å². The third-order valence-corrected chi connectivity index (χ3v) is 2.51. The number of halogens is 1. The summed E-state index contributed by atoms with van der Waals surface area (Å²) in [6, 6.07) is 13.5. The molecule has 0 aliphatic rings. The maximum atomic E-state index is 5.82. The molecule has 2 aromatic rings. The zero-order valence-corrected chi connectivity index (χ0v) is 9.52. The van der Waals surface area contributed by atoms with E-state index < -0.39 is 0 Å². The van der Waals surface area contributed by atoms with Gasteiger partial charge in [-0.25, -0.2) is 0 Å². The monoisotopic (exact) mass is 233 g/mol. The van der Waals surface area contributed by atoms with Gasteiger partial charge in [0.15, 0.2) is 0 Å². The van der Waals surface area contributed by atoms with Crippen LogP contribution in [0.25, 0.3) is 0 Å². The quantitative estimate of drug-likeness (QED) is 0.756. The highest BCUT2D eigenvalue weighted by Crippen LogP contribution is 2.20. The summed E-state index contributed by atoms with van der Waals surface area (Å²) in [4.78, 5) is 4.19. The van der Waals surface area contributed by atoms with Crippen molar-refractivity contribution in [1.82, 2.24) is 4.98 Å². The Morgan fingerprint density at radius 3 is 2.62 bits per heavy atom. The highest BCUT2D eigenvalue weighted by Gasteiger charge is 2.01. The minimum Gasteiger partial charge on any atom is -0.487 e. The predicted octanol–water partition coefficient (Wildman–Crippen LogP) is 3.40. The fourth-order valence-electron chi connectivity index (χ4n) is 1.39. The van der Waals surface area contributed by atoms with Crippen LogP contribution in [0.4, 0.5) is 0 Å². The summed E-state index contributed by atoms with van der Waals surface area (Å²) < 4.78 is 5.67. The second-order valence-electron chi connectivity index (χ2n) is 3.35. The van der Waals surface area contributed by atoms with Crippen LogP contribution in [0.2, 0.25) is 0 Å². The Balaban J connectivity index is 2.05. The van der Waals surface area contributed by atoms with Crippen molar-refractivity contribution in [2.75, 3.05) is 0 Å². The second kappa shape index (κ2) is 5.52. The number of hydrogen-bond donors (Lipinski definition) is 0. The number of rotatable bonds is 4. The van der Waals surface area contributed by atoms with Crippen molar-refractivity contribution < 1.29 is 4.74 Å². The molecule has 1 aromatic carbocycles. The Morgan fingerprint density at radius 1 is 1.06 bits per heavy atom. The van der Waals surface area contributed by atoms with Crippen LogP contribution in [-0.2, 0) is 12.5 Å². The van der Waals surface area contributed by atoms with Crippen molar-refractivity contribution in [2.24, 2.45) is 0 Å². The maximum Gasteiger partial charge on any atom is 0.130 e. The van der Waals surface area contributed by atoms with Crippen molar-refractivity contribution in [3.8, 4) is 5.75 Å². The molecule has 16 heavy (non-hydrogen) atoms. The largest absolute Gasteiger partial charge is 0.487 e. The first-order valence-electron chi connectivity index (χ1n) is 5.06. The predicted molar refractivity (Wildman–Crippen MR) is 64.6 cm³/mol. The van der Waals surface area contributed by atoms with Gasteiger partial charge in [0.1, 0.15) is 12.4 Å². The van der Waals surface area contributed by atoms with E-state index >= 15 is 0 Å². The van der Waals surface area contributed by atoms with E-state index in [0.29, 0.717) is 12.5 Å². The first kappa shape index (κ1) is 11.0. The molecule has 3 heteroatoms. The molecule has 1 heterocycles. The Morgan fingerprint density at radius 2 is 1.88 bits per heavy atom. The summed E-state index contributed by atoms with van der Waals surface area (Å²) in [5, 5.41) is 0. The van der Waals surface area contributed by atoms with E-state index in [0.717, 1.165) is 17.0 Å². The van der Waals surface area contributed by atoms with Gasteiger partial charge in [-0.05, 0) is 18.2 Å². The zero-order valence-electron chi connectivity index (χ0n) is 8.77. The molecule has 0 fully saturated rings. The number of pyridine rings is 1. The lowest BCUT2D eigenvalue weighted by Crippen LogP contribution is -1.99. The molecule has 0 saturated carbocycles. The molecule has 0 spiro atoms. The van der Waals surface area contributed by atoms with Gasteiger partial charge in [-0.1, -0.05) is 24.3 Å². The minimum atomic E-state index is 0.457. The molecule has 0 amide bonds. The molecule has 0 radical (unpaired) electrons. The van der Waals surface area contributed by atoms with Crippen molar-refractivity contribution in [3.05, 3.63) is 59.9 Å². The van der Waals surface area contributed by atoms with E-state index in [-0.39, 0.29) is 0 Å².